The molecule has 0 spiro atoms. The predicted octanol–water partition coefficient (Wildman–Crippen LogP) is 2.55. The van der Waals surface area contributed by atoms with E-state index in [1.165, 1.54) is 18.2 Å². The summed E-state index contributed by atoms with van der Waals surface area (Å²) in [5.41, 5.74) is -0.282. The van der Waals surface area contributed by atoms with E-state index in [1.54, 1.807) is 0 Å². The number of hydrogen-bond acceptors (Lipinski definition) is 2. The van der Waals surface area contributed by atoms with Gasteiger partial charge >= 0.3 is 11.9 Å². The SMILES string of the molecule is O=C(O)C=C(C(=O)O)c1ccc(Cl)cc1Cl. The zero-order valence-corrected chi connectivity index (χ0v) is 9.29. The molecule has 1 rings (SSSR count). The number of halogens is 2. The minimum absolute atomic E-state index is 0.0856. The van der Waals surface area contributed by atoms with Crippen LogP contribution in [-0.2, 0) is 9.59 Å². The summed E-state index contributed by atoms with van der Waals surface area (Å²) >= 11 is 11.4. The maximum Gasteiger partial charge on any atom is 0.336 e. The maximum atomic E-state index is 10.8. The second-order valence-corrected chi connectivity index (χ2v) is 3.67. The molecule has 0 aliphatic rings. The molecule has 0 atom stereocenters. The average molecular weight is 261 g/mol. The Balaban J connectivity index is 3.33. The topological polar surface area (TPSA) is 74.6 Å². The monoisotopic (exact) mass is 260 g/mol. The third kappa shape index (κ3) is 2.98. The number of carbonyl (C=O) groups is 2. The molecular weight excluding hydrogens is 255 g/mol. The quantitative estimate of drug-likeness (QED) is 0.820. The molecule has 0 radical (unpaired) electrons. The Morgan fingerprint density at radius 1 is 1.19 bits per heavy atom. The van der Waals surface area contributed by atoms with E-state index in [2.05, 4.69) is 0 Å². The number of benzene rings is 1. The van der Waals surface area contributed by atoms with E-state index in [0.29, 0.717) is 11.1 Å². The fraction of sp³-hybridized carbons (Fsp3) is 0. The number of aliphatic carboxylic acids is 2. The first-order valence-electron chi connectivity index (χ1n) is 4.05. The van der Waals surface area contributed by atoms with Crippen molar-refractivity contribution < 1.29 is 19.8 Å². The van der Waals surface area contributed by atoms with Crippen molar-refractivity contribution in [3.05, 3.63) is 39.9 Å². The van der Waals surface area contributed by atoms with Crippen LogP contribution in [0.4, 0.5) is 0 Å². The molecule has 0 saturated carbocycles. The van der Waals surface area contributed by atoms with Crippen LogP contribution < -0.4 is 0 Å². The van der Waals surface area contributed by atoms with Gasteiger partial charge in [-0.1, -0.05) is 29.3 Å². The highest BCUT2D eigenvalue weighted by Crippen LogP contribution is 2.27. The van der Waals surface area contributed by atoms with Crippen LogP contribution in [0.5, 0.6) is 0 Å². The fourth-order valence-electron chi connectivity index (χ4n) is 1.09. The third-order valence-corrected chi connectivity index (χ3v) is 2.27. The smallest absolute Gasteiger partial charge is 0.336 e. The summed E-state index contributed by atoms with van der Waals surface area (Å²) in [5.74, 6) is -2.73. The summed E-state index contributed by atoms with van der Waals surface area (Å²) in [5, 5.41) is 17.8. The van der Waals surface area contributed by atoms with Crippen LogP contribution >= 0.6 is 23.2 Å². The Hall–Kier alpha value is -1.52. The van der Waals surface area contributed by atoms with Gasteiger partial charge in [-0.15, -0.1) is 0 Å². The standard InChI is InChI=1S/C10H6Cl2O4/c11-5-1-2-6(8(12)3-5)7(10(15)16)4-9(13)14/h1-4H,(H,13,14)(H,15,16). The van der Waals surface area contributed by atoms with Crippen molar-refractivity contribution in [2.45, 2.75) is 0 Å². The van der Waals surface area contributed by atoms with Crippen molar-refractivity contribution >= 4 is 40.7 Å². The normalized spacial score (nSPS) is 11.2. The number of hydrogen-bond donors (Lipinski definition) is 2. The van der Waals surface area contributed by atoms with Crippen LogP contribution in [0.15, 0.2) is 24.3 Å². The van der Waals surface area contributed by atoms with Crippen LogP contribution in [0.25, 0.3) is 5.57 Å². The first kappa shape index (κ1) is 12.5. The Morgan fingerprint density at radius 3 is 2.25 bits per heavy atom. The summed E-state index contributed by atoms with van der Waals surface area (Å²) in [6.07, 6.45) is 0.581. The van der Waals surface area contributed by atoms with E-state index in [9.17, 15) is 9.59 Å². The molecular formula is C10H6Cl2O4. The van der Waals surface area contributed by atoms with E-state index >= 15 is 0 Å². The molecule has 2 N–H and O–H groups in total. The molecule has 0 saturated heterocycles. The fourth-order valence-corrected chi connectivity index (χ4v) is 1.60. The largest absolute Gasteiger partial charge is 0.478 e. The molecule has 0 aliphatic heterocycles. The van der Waals surface area contributed by atoms with Gasteiger partial charge in [0, 0.05) is 16.7 Å². The minimum atomic E-state index is -1.37. The molecule has 0 amide bonds. The second-order valence-electron chi connectivity index (χ2n) is 2.83. The molecule has 0 unspecified atom stereocenters. The Labute approximate surface area is 101 Å². The number of rotatable bonds is 3. The molecule has 16 heavy (non-hydrogen) atoms. The molecule has 6 heteroatoms. The van der Waals surface area contributed by atoms with Gasteiger partial charge < -0.3 is 10.2 Å². The number of carboxylic acids is 2. The van der Waals surface area contributed by atoms with E-state index in [4.69, 9.17) is 33.4 Å². The predicted molar refractivity (Wildman–Crippen MR) is 59.7 cm³/mol. The average Bonchev–Trinajstić information content (AvgIpc) is 2.14. The van der Waals surface area contributed by atoms with E-state index < -0.39 is 17.5 Å². The highest BCUT2D eigenvalue weighted by atomic mass is 35.5. The van der Waals surface area contributed by atoms with Crippen molar-refractivity contribution in [1.82, 2.24) is 0 Å². The Kier molecular flexibility index (Phi) is 3.93. The van der Waals surface area contributed by atoms with E-state index in [-0.39, 0.29) is 10.6 Å². The lowest BCUT2D eigenvalue weighted by molar-refractivity contribution is -0.133. The van der Waals surface area contributed by atoms with Crippen molar-refractivity contribution in [2.24, 2.45) is 0 Å². The van der Waals surface area contributed by atoms with Crippen LogP contribution in [0.1, 0.15) is 5.56 Å². The van der Waals surface area contributed by atoms with Crippen molar-refractivity contribution in [3.8, 4) is 0 Å². The second kappa shape index (κ2) is 5.01. The molecule has 0 aliphatic carbocycles. The van der Waals surface area contributed by atoms with Crippen LogP contribution in [-0.4, -0.2) is 22.2 Å². The van der Waals surface area contributed by atoms with E-state index in [1.807, 2.05) is 0 Å². The van der Waals surface area contributed by atoms with Gasteiger partial charge in [0.1, 0.15) is 0 Å². The van der Waals surface area contributed by atoms with Gasteiger partial charge in [-0.3, -0.25) is 0 Å². The van der Waals surface area contributed by atoms with Crippen LogP contribution in [0.3, 0.4) is 0 Å². The van der Waals surface area contributed by atoms with Crippen molar-refractivity contribution in [1.29, 1.82) is 0 Å². The van der Waals surface area contributed by atoms with Gasteiger partial charge in [0.15, 0.2) is 0 Å². The van der Waals surface area contributed by atoms with Crippen molar-refractivity contribution in [3.63, 3.8) is 0 Å². The Morgan fingerprint density at radius 2 is 1.81 bits per heavy atom. The molecule has 1 aromatic rings. The van der Waals surface area contributed by atoms with E-state index in [0.717, 1.165) is 0 Å². The highest BCUT2D eigenvalue weighted by Gasteiger charge is 2.15. The number of carboxylic acid groups (broad SMARTS) is 2. The molecule has 0 bridgehead atoms. The minimum Gasteiger partial charge on any atom is -0.478 e. The molecule has 0 fully saturated rings. The summed E-state index contributed by atoms with van der Waals surface area (Å²) in [6, 6.07) is 4.13. The van der Waals surface area contributed by atoms with Crippen LogP contribution in [0.2, 0.25) is 10.0 Å². The molecule has 0 aromatic heterocycles. The summed E-state index contributed by atoms with van der Waals surface area (Å²) in [7, 11) is 0. The molecule has 1 aromatic carbocycles. The third-order valence-electron chi connectivity index (χ3n) is 1.72. The molecule has 84 valence electrons. The summed E-state index contributed by atoms with van der Waals surface area (Å²) in [6.45, 7) is 0. The summed E-state index contributed by atoms with van der Waals surface area (Å²) < 4.78 is 0. The van der Waals surface area contributed by atoms with Gasteiger partial charge in [-0.25, -0.2) is 9.59 Å². The lowest BCUT2D eigenvalue weighted by Crippen LogP contribution is -2.03. The van der Waals surface area contributed by atoms with Gasteiger partial charge in [0.05, 0.1) is 10.6 Å². The first-order chi connectivity index (χ1) is 7.41. The lowest BCUT2D eigenvalue weighted by atomic mass is 10.1. The van der Waals surface area contributed by atoms with Crippen molar-refractivity contribution in [2.75, 3.05) is 0 Å². The van der Waals surface area contributed by atoms with Gasteiger partial charge in [0.25, 0.3) is 0 Å². The zero-order chi connectivity index (χ0) is 12.3. The lowest BCUT2D eigenvalue weighted by Gasteiger charge is -2.04. The van der Waals surface area contributed by atoms with Gasteiger partial charge in [-0.2, -0.15) is 0 Å². The maximum absolute atomic E-state index is 10.8. The van der Waals surface area contributed by atoms with Gasteiger partial charge in [-0.05, 0) is 12.1 Å². The highest BCUT2D eigenvalue weighted by molar-refractivity contribution is 6.37. The van der Waals surface area contributed by atoms with Gasteiger partial charge in [0.2, 0.25) is 0 Å². The Bertz CT molecular complexity index is 480. The first-order valence-corrected chi connectivity index (χ1v) is 4.80. The van der Waals surface area contributed by atoms with Crippen LogP contribution in [0, 0.1) is 0 Å². The summed E-state index contributed by atoms with van der Waals surface area (Å²) in [4.78, 5) is 21.3. The molecule has 0 heterocycles. The zero-order valence-electron chi connectivity index (χ0n) is 7.78. The molecule has 4 nitrogen and oxygen atoms in total.